The summed E-state index contributed by atoms with van der Waals surface area (Å²) < 4.78 is 6.49. The summed E-state index contributed by atoms with van der Waals surface area (Å²) in [4.78, 5) is 23.9. The maximum Gasteiger partial charge on any atom is 0.328 e. The van der Waals surface area contributed by atoms with Gasteiger partial charge in [-0.2, -0.15) is 5.10 Å². The lowest BCUT2D eigenvalue weighted by atomic mass is 10.2. The van der Waals surface area contributed by atoms with Crippen LogP contribution in [-0.4, -0.2) is 46.5 Å². The Balaban J connectivity index is 1.97. The minimum absolute atomic E-state index is 0.132. The van der Waals surface area contributed by atoms with Crippen molar-refractivity contribution in [3.8, 4) is 5.69 Å². The molecule has 26 heavy (non-hydrogen) atoms. The maximum absolute atomic E-state index is 12.6. The summed E-state index contributed by atoms with van der Waals surface area (Å²) in [6.45, 7) is -0.132. The third-order valence-corrected chi connectivity index (χ3v) is 4.76. The van der Waals surface area contributed by atoms with Gasteiger partial charge in [-0.05, 0) is 37.5 Å². The van der Waals surface area contributed by atoms with Gasteiger partial charge in [-0.15, -0.1) is 0 Å². The van der Waals surface area contributed by atoms with E-state index < -0.39 is 17.9 Å². The first-order chi connectivity index (χ1) is 12.4. The fourth-order valence-corrected chi connectivity index (χ4v) is 3.53. The van der Waals surface area contributed by atoms with E-state index in [1.807, 2.05) is 0 Å². The van der Waals surface area contributed by atoms with Crippen LogP contribution in [0.3, 0.4) is 0 Å². The highest BCUT2D eigenvalue weighted by Gasteiger charge is 2.30. The lowest BCUT2D eigenvalue weighted by molar-refractivity contribution is -0.140. The van der Waals surface area contributed by atoms with Crippen LogP contribution in [0.15, 0.2) is 18.2 Å². The van der Waals surface area contributed by atoms with E-state index in [0.717, 1.165) is 24.1 Å². The van der Waals surface area contributed by atoms with Gasteiger partial charge in [0.15, 0.2) is 11.7 Å². The smallest absolute Gasteiger partial charge is 0.328 e. The van der Waals surface area contributed by atoms with Crippen molar-refractivity contribution in [1.29, 1.82) is 0 Å². The highest BCUT2D eigenvalue weighted by atomic mass is 35.5. The minimum Gasteiger partial charge on any atom is -0.480 e. The molecule has 1 aromatic heterocycles. The first-order valence-electron chi connectivity index (χ1n) is 8.01. The van der Waals surface area contributed by atoms with Crippen molar-refractivity contribution in [1.82, 2.24) is 15.1 Å². The van der Waals surface area contributed by atoms with Gasteiger partial charge in [-0.1, -0.05) is 23.2 Å². The SMILES string of the molecule is COCC(NC(=O)c1nn(-c2ccc(Cl)cc2Cl)c2c1CCC2)C(=O)O. The molecule has 0 saturated carbocycles. The summed E-state index contributed by atoms with van der Waals surface area (Å²) >= 11 is 12.2. The molecule has 0 aliphatic heterocycles. The first-order valence-corrected chi connectivity index (χ1v) is 8.76. The van der Waals surface area contributed by atoms with Crippen molar-refractivity contribution in [2.45, 2.75) is 25.3 Å². The summed E-state index contributed by atoms with van der Waals surface area (Å²) in [7, 11) is 1.37. The van der Waals surface area contributed by atoms with Crippen molar-refractivity contribution < 1.29 is 19.4 Å². The quantitative estimate of drug-likeness (QED) is 0.780. The van der Waals surface area contributed by atoms with E-state index in [1.165, 1.54) is 7.11 Å². The fraction of sp³-hybridized carbons (Fsp3) is 0.353. The number of carboxylic acid groups (broad SMARTS) is 1. The largest absolute Gasteiger partial charge is 0.480 e. The summed E-state index contributed by atoms with van der Waals surface area (Å²) in [5.74, 6) is -1.71. The molecule has 1 aliphatic rings. The van der Waals surface area contributed by atoms with E-state index >= 15 is 0 Å². The summed E-state index contributed by atoms with van der Waals surface area (Å²) in [6.07, 6.45) is 2.35. The second kappa shape index (κ2) is 7.65. The predicted molar refractivity (Wildman–Crippen MR) is 96.4 cm³/mol. The van der Waals surface area contributed by atoms with E-state index in [2.05, 4.69) is 10.4 Å². The number of rotatable bonds is 6. The van der Waals surface area contributed by atoms with E-state index in [0.29, 0.717) is 22.2 Å². The molecule has 0 radical (unpaired) electrons. The van der Waals surface area contributed by atoms with Gasteiger partial charge >= 0.3 is 5.97 Å². The van der Waals surface area contributed by atoms with Crippen molar-refractivity contribution in [3.63, 3.8) is 0 Å². The number of benzene rings is 1. The van der Waals surface area contributed by atoms with Crippen LogP contribution in [0.1, 0.15) is 28.2 Å². The number of nitrogens with zero attached hydrogens (tertiary/aromatic N) is 2. The average molecular weight is 398 g/mol. The van der Waals surface area contributed by atoms with Crippen LogP contribution >= 0.6 is 23.2 Å². The van der Waals surface area contributed by atoms with E-state index in [-0.39, 0.29) is 12.3 Å². The molecule has 1 atom stereocenters. The van der Waals surface area contributed by atoms with Crippen molar-refractivity contribution in [2.24, 2.45) is 0 Å². The number of carbonyl (C=O) groups is 2. The highest BCUT2D eigenvalue weighted by molar-refractivity contribution is 6.35. The molecule has 0 fully saturated rings. The maximum atomic E-state index is 12.6. The number of carboxylic acids is 1. The van der Waals surface area contributed by atoms with Gasteiger partial charge in [0.2, 0.25) is 0 Å². The normalized spacial score (nSPS) is 14.1. The van der Waals surface area contributed by atoms with E-state index in [9.17, 15) is 14.7 Å². The van der Waals surface area contributed by atoms with Crippen molar-refractivity contribution in [3.05, 3.63) is 45.2 Å². The molecule has 2 N–H and O–H groups in total. The summed E-state index contributed by atoms with van der Waals surface area (Å²) in [5, 5.41) is 17.0. The Morgan fingerprint density at radius 3 is 2.81 bits per heavy atom. The number of hydrogen-bond acceptors (Lipinski definition) is 4. The molecule has 0 spiro atoms. The molecule has 1 amide bonds. The summed E-state index contributed by atoms with van der Waals surface area (Å²) in [5.41, 5.74) is 2.55. The first kappa shape index (κ1) is 18.7. The van der Waals surface area contributed by atoms with Crippen LogP contribution in [0.2, 0.25) is 10.0 Å². The van der Waals surface area contributed by atoms with Gasteiger partial charge in [0.1, 0.15) is 0 Å². The number of hydrogen-bond donors (Lipinski definition) is 2. The molecule has 0 saturated heterocycles. The molecule has 1 aliphatic carbocycles. The van der Waals surface area contributed by atoms with Gasteiger partial charge in [-0.25, -0.2) is 9.48 Å². The molecule has 3 rings (SSSR count). The lowest BCUT2D eigenvalue weighted by Gasteiger charge is -2.12. The number of fused-ring (bicyclic) bond motifs is 1. The number of aliphatic carboxylic acids is 1. The zero-order chi connectivity index (χ0) is 18.8. The second-order valence-corrected chi connectivity index (χ2v) is 6.80. The zero-order valence-corrected chi connectivity index (χ0v) is 15.5. The zero-order valence-electron chi connectivity index (χ0n) is 14.0. The number of methoxy groups -OCH3 is 1. The molecule has 0 bridgehead atoms. The Morgan fingerprint density at radius 1 is 1.38 bits per heavy atom. The van der Waals surface area contributed by atoms with Crippen LogP contribution in [0.4, 0.5) is 0 Å². The van der Waals surface area contributed by atoms with E-state index in [1.54, 1.807) is 22.9 Å². The number of aromatic nitrogens is 2. The molecule has 1 heterocycles. The molecule has 1 unspecified atom stereocenters. The van der Waals surface area contributed by atoms with Gasteiger partial charge in [0, 0.05) is 23.4 Å². The lowest BCUT2D eigenvalue weighted by Crippen LogP contribution is -2.44. The molecule has 1 aromatic carbocycles. The standard InChI is InChI=1S/C17H17Cl2N3O4/c1-26-8-12(17(24)25)20-16(23)15-10-3-2-4-13(10)22(21-15)14-6-5-9(18)7-11(14)19/h5-7,12H,2-4,8H2,1H3,(H,20,23)(H,24,25). The van der Waals surface area contributed by atoms with Gasteiger partial charge in [0.25, 0.3) is 5.91 Å². The van der Waals surface area contributed by atoms with Crippen LogP contribution in [-0.2, 0) is 22.4 Å². The van der Waals surface area contributed by atoms with E-state index in [4.69, 9.17) is 27.9 Å². The molecule has 7 nitrogen and oxygen atoms in total. The molecule has 138 valence electrons. The second-order valence-electron chi connectivity index (χ2n) is 5.95. The number of amides is 1. The average Bonchev–Trinajstić information content (AvgIpc) is 3.17. The third-order valence-electron chi connectivity index (χ3n) is 4.22. The number of nitrogens with one attached hydrogen (secondary N) is 1. The third kappa shape index (κ3) is 3.56. The molecular weight excluding hydrogens is 381 g/mol. The molecular formula is C17H17Cl2N3O4. The fourth-order valence-electron chi connectivity index (χ4n) is 3.04. The Labute approximate surface area is 159 Å². The Morgan fingerprint density at radius 2 is 2.15 bits per heavy atom. The van der Waals surface area contributed by atoms with Crippen LogP contribution in [0.5, 0.6) is 0 Å². The molecule has 9 heteroatoms. The monoisotopic (exact) mass is 397 g/mol. The Bertz CT molecular complexity index is 866. The van der Waals surface area contributed by atoms with Gasteiger partial charge < -0.3 is 15.2 Å². The highest BCUT2D eigenvalue weighted by Crippen LogP contribution is 2.31. The molecule has 2 aromatic rings. The van der Waals surface area contributed by atoms with Crippen LogP contribution < -0.4 is 5.32 Å². The Hall–Kier alpha value is -2.09. The van der Waals surface area contributed by atoms with Crippen LogP contribution in [0.25, 0.3) is 5.69 Å². The minimum atomic E-state index is -1.17. The number of carbonyl (C=O) groups excluding carboxylic acids is 1. The number of ether oxygens (including phenoxy) is 1. The number of halogens is 2. The van der Waals surface area contributed by atoms with Crippen LogP contribution in [0, 0.1) is 0 Å². The topological polar surface area (TPSA) is 93.5 Å². The van der Waals surface area contributed by atoms with Gasteiger partial charge in [0.05, 0.1) is 17.3 Å². The predicted octanol–water partition coefficient (Wildman–Crippen LogP) is 2.50. The van der Waals surface area contributed by atoms with Crippen molar-refractivity contribution in [2.75, 3.05) is 13.7 Å². The summed E-state index contributed by atoms with van der Waals surface area (Å²) in [6, 6.07) is 3.90. The van der Waals surface area contributed by atoms with Gasteiger partial charge in [-0.3, -0.25) is 4.79 Å². The van der Waals surface area contributed by atoms with Crippen molar-refractivity contribution >= 4 is 35.1 Å². The Kier molecular flexibility index (Phi) is 5.50.